The lowest BCUT2D eigenvalue weighted by atomic mass is 10.0. The number of amides is 1. The molecule has 4 nitrogen and oxygen atoms in total. The van der Waals surface area contributed by atoms with Gasteiger partial charge in [-0.25, -0.2) is 0 Å². The highest BCUT2D eigenvalue weighted by Gasteiger charge is 2.26. The first kappa shape index (κ1) is 17.3. The van der Waals surface area contributed by atoms with Crippen molar-refractivity contribution in [3.05, 3.63) is 29.8 Å². The van der Waals surface area contributed by atoms with Crippen LogP contribution in [0.15, 0.2) is 24.3 Å². The molecule has 1 aromatic rings. The van der Waals surface area contributed by atoms with E-state index < -0.39 is 0 Å². The summed E-state index contributed by atoms with van der Waals surface area (Å²) in [7, 11) is 2.01. The number of likely N-dealkylation sites (N-methyl/N-ethyl adjacent to an activating group) is 1. The Hall–Kier alpha value is -1.10. The average molecular weight is 324 g/mol. The van der Waals surface area contributed by atoms with Crippen molar-refractivity contribution in [3.8, 4) is 0 Å². The van der Waals surface area contributed by atoms with Crippen LogP contribution >= 0.6 is 12.4 Å². The van der Waals surface area contributed by atoms with Gasteiger partial charge in [0.05, 0.1) is 6.54 Å². The van der Waals surface area contributed by atoms with Gasteiger partial charge in [-0.1, -0.05) is 18.2 Å². The second-order valence-corrected chi connectivity index (χ2v) is 6.14. The third-order valence-electron chi connectivity index (χ3n) is 4.68. The molecule has 0 aromatic heterocycles. The normalized spacial score (nSPS) is 21.9. The zero-order valence-corrected chi connectivity index (χ0v) is 14.1. The summed E-state index contributed by atoms with van der Waals surface area (Å²) in [6.45, 7) is 3.43. The van der Waals surface area contributed by atoms with Crippen LogP contribution in [0.5, 0.6) is 0 Å². The predicted molar refractivity (Wildman–Crippen MR) is 92.9 cm³/mol. The third kappa shape index (κ3) is 3.80. The van der Waals surface area contributed by atoms with E-state index in [2.05, 4.69) is 28.4 Å². The van der Waals surface area contributed by atoms with Crippen LogP contribution in [0.25, 0.3) is 0 Å². The van der Waals surface area contributed by atoms with E-state index in [9.17, 15) is 4.79 Å². The largest absolute Gasteiger partial charge is 0.316 e. The fourth-order valence-corrected chi connectivity index (χ4v) is 3.50. The first-order valence-electron chi connectivity index (χ1n) is 8.06. The van der Waals surface area contributed by atoms with Gasteiger partial charge in [-0.15, -0.1) is 12.4 Å². The quantitative estimate of drug-likeness (QED) is 0.925. The number of hydrogen-bond donors (Lipinski definition) is 1. The van der Waals surface area contributed by atoms with Crippen LogP contribution in [0, 0.1) is 0 Å². The number of rotatable bonds is 3. The van der Waals surface area contributed by atoms with E-state index in [4.69, 9.17) is 0 Å². The molecule has 1 atom stereocenters. The van der Waals surface area contributed by atoms with Crippen molar-refractivity contribution < 1.29 is 4.79 Å². The molecule has 0 bridgehead atoms. The van der Waals surface area contributed by atoms with Crippen molar-refractivity contribution in [3.63, 3.8) is 0 Å². The Morgan fingerprint density at radius 1 is 1.27 bits per heavy atom. The number of likely N-dealkylation sites (tertiary alicyclic amines) is 1. The lowest BCUT2D eigenvalue weighted by molar-refractivity contribution is -0.120. The molecule has 1 N–H and O–H groups in total. The smallest absolute Gasteiger partial charge is 0.241 e. The van der Waals surface area contributed by atoms with E-state index in [0.29, 0.717) is 12.6 Å². The molecular weight excluding hydrogens is 298 g/mol. The number of aryl methyl sites for hydroxylation is 1. The molecule has 1 fully saturated rings. The number of para-hydroxylation sites is 1. The summed E-state index contributed by atoms with van der Waals surface area (Å²) in [5, 5.41) is 3.34. The van der Waals surface area contributed by atoms with Gasteiger partial charge >= 0.3 is 0 Å². The van der Waals surface area contributed by atoms with Gasteiger partial charge in [0.2, 0.25) is 5.91 Å². The number of benzene rings is 1. The topological polar surface area (TPSA) is 35.6 Å². The first-order chi connectivity index (χ1) is 10.3. The predicted octanol–water partition coefficient (Wildman–Crippen LogP) is 2.07. The molecule has 2 aliphatic heterocycles. The van der Waals surface area contributed by atoms with Crippen LogP contribution in [0.1, 0.15) is 24.8 Å². The molecule has 5 heteroatoms. The molecule has 1 saturated heterocycles. The summed E-state index contributed by atoms with van der Waals surface area (Å²) in [6.07, 6.45) is 4.55. The zero-order chi connectivity index (χ0) is 14.7. The van der Waals surface area contributed by atoms with Crippen LogP contribution in [0.4, 0.5) is 5.69 Å². The number of fused-ring (bicyclic) bond motifs is 1. The van der Waals surface area contributed by atoms with E-state index >= 15 is 0 Å². The maximum absolute atomic E-state index is 12.7. The van der Waals surface area contributed by atoms with Gasteiger partial charge in [0.1, 0.15) is 0 Å². The first-order valence-corrected chi connectivity index (χ1v) is 8.06. The minimum Gasteiger partial charge on any atom is -0.316 e. The van der Waals surface area contributed by atoms with Crippen LogP contribution in [-0.4, -0.2) is 50.1 Å². The fourth-order valence-electron chi connectivity index (χ4n) is 3.50. The van der Waals surface area contributed by atoms with Gasteiger partial charge in [-0.3, -0.25) is 9.69 Å². The van der Waals surface area contributed by atoms with Gasteiger partial charge < -0.3 is 10.2 Å². The Bertz CT molecular complexity index is 508. The van der Waals surface area contributed by atoms with Crippen molar-refractivity contribution >= 4 is 24.0 Å². The van der Waals surface area contributed by atoms with Crippen LogP contribution in [0.3, 0.4) is 0 Å². The Morgan fingerprint density at radius 3 is 2.91 bits per heavy atom. The summed E-state index contributed by atoms with van der Waals surface area (Å²) in [4.78, 5) is 17.0. The summed E-state index contributed by atoms with van der Waals surface area (Å²) >= 11 is 0. The zero-order valence-electron chi connectivity index (χ0n) is 13.3. The summed E-state index contributed by atoms with van der Waals surface area (Å²) < 4.78 is 0. The number of nitrogens with zero attached hydrogens (tertiary/aromatic N) is 2. The standard InChI is InChI=1S/C17H25N3O.ClH/c1-18-15-8-5-10-19(12-15)13-17(21)20-11-4-7-14-6-2-3-9-16(14)20;/h2-3,6,9,15,18H,4-5,7-8,10-13H2,1H3;1H. The monoisotopic (exact) mass is 323 g/mol. The Balaban J connectivity index is 0.00000176. The van der Waals surface area contributed by atoms with Gasteiger partial charge in [-0.2, -0.15) is 0 Å². The molecule has 2 aliphatic rings. The van der Waals surface area contributed by atoms with Gasteiger partial charge in [-0.05, 0) is 50.9 Å². The molecule has 3 rings (SSSR count). The van der Waals surface area contributed by atoms with Crippen LogP contribution in [0.2, 0.25) is 0 Å². The van der Waals surface area contributed by atoms with E-state index in [1.807, 2.05) is 18.0 Å². The van der Waals surface area contributed by atoms with Crippen LogP contribution in [-0.2, 0) is 11.2 Å². The van der Waals surface area contributed by atoms with Crippen molar-refractivity contribution in [2.45, 2.75) is 31.7 Å². The van der Waals surface area contributed by atoms with Gasteiger partial charge in [0.25, 0.3) is 0 Å². The highest BCUT2D eigenvalue weighted by atomic mass is 35.5. The number of hydrogen-bond acceptors (Lipinski definition) is 3. The van der Waals surface area contributed by atoms with Crippen molar-refractivity contribution in [1.29, 1.82) is 0 Å². The van der Waals surface area contributed by atoms with E-state index in [1.54, 1.807) is 0 Å². The second kappa shape index (κ2) is 7.95. The van der Waals surface area contributed by atoms with Crippen molar-refractivity contribution in [1.82, 2.24) is 10.2 Å². The molecule has 0 spiro atoms. The highest BCUT2D eigenvalue weighted by Crippen LogP contribution is 2.26. The Morgan fingerprint density at radius 2 is 2.09 bits per heavy atom. The van der Waals surface area contributed by atoms with E-state index in [0.717, 1.165) is 38.2 Å². The minimum atomic E-state index is 0. The molecule has 2 heterocycles. The molecule has 122 valence electrons. The van der Waals surface area contributed by atoms with Gasteiger partial charge in [0.15, 0.2) is 0 Å². The van der Waals surface area contributed by atoms with Crippen molar-refractivity contribution in [2.24, 2.45) is 0 Å². The molecule has 0 aliphatic carbocycles. The molecular formula is C17H26ClN3O. The molecule has 1 unspecified atom stereocenters. The minimum absolute atomic E-state index is 0. The SMILES string of the molecule is CNC1CCCN(CC(=O)N2CCCc3ccccc32)C1.Cl. The molecule has 0 saturated carbocycles. The molecule has 1 aromatic carbocycles. The highest BCUT2D eigenvalue weighted by molar-refractivity contribution is 5.95. The Kier molecular flexibility index (Phi) is 6.24. The number of halogens is 1. The molecule has 0 radical (unpaired) electrons. The number of carbonyl (C=O) groups excluding carboxylic acids is 1. The maximum atomic E-state index is 12.7. The van der Waals surface area contributed by atoms with Gasteiger partial charge in [0, 0.05) is 24.8 Å². The van der Waals surface area contributed by atoms with Crippen molar-refractivity contribution in [2.75, 3.05) is 38.1 Å². The summed E-state index contributed by atoms with van der Waals surface area (Å²) in [5.74, 6) is 0.249. The maximum Gasteiger partial charge on any atom is 0.241 e. The average Bonchev–Trinajstić information content (AvgIpc) is 2.54. The Labute approximate surface area is 139 Å². The van der Waals surface area contributed by atoms with E-state index in [-0.39, 0.29) is 18.3 Å². The number of piperidine rings is 1. The van der Waals surface area contributed by atoms with Crippen LogP contribution < -0.4 is 10.2 Å². The summed E-state index contributed by atoms with van der Waals surface area (Å²) in [6, 6.07) is 8.85. The number of anilines is 1. The molecule has 22 heavy (non-hydrogen) atoms. The fraction of sp³-hybridized carbons (Fsp3) is 0.588. The third-order valence-corrected chi connectivity index (χ3v) is 4.68. The molecule has 1 amide bonds. The summed E-state index contributed by atoms with van der Waals surface area (Å²) in [5.41, 5.74) is 2.43. The van der Waals surface area contributed by atoms with E-state index in [1.165, 1.54) is 18.4 Å². The lowest BCUT2D eigenvalue weighted by Crippen LogP contribution is -2.49. The number of nitrogens with one attached hydrogen (secondary N) is 1. The lowest BCUT2D eigenvalue weighted by Gasteiger charge is -2.35. The number of carbonyl (C=O) groups is 1. The second-order valence-electron chi connectivity index (χ2n) is 6.14.